The van der Waals surface area contributed by atoms with Gasteiger partial charge in [-0.05, 0) is 0 Å². The molecule has 1 rings (SSSR count). The van der Waals surface area contributed by atoms with Crippen molar-refractivity contribution in [3.05, 3.63) is 12.2 Å². The first kappa shape index (κ1) is 17.3. The van der Waals surface area contributed by atoms with Crippen LogP contribution in [0.1, 0.15) is 41.0 Å². The Morgan fingerprint density at radius 1 is 1.25 bits per heavy atom. The van der Waals surface area contributed by atoms with E-state index in [0.717, 1.165) is 5.66 Å². The van der Waals surface area contributed by atoms with Crippen LogP contribution in [0.3, 0.4) is 0 Å². The molecular formula is C19H31P. The topological polar surface area (TPSA) is 0 Å². The summed E-state index contributed by atoms with van der Waals surface area (Å²) in [4.78, 5) is 0. The summed E-state index contributed by atoms with van der Waals surface area (Å²) in [5, 5.41) is 0. The molecule has 0 amide bonds. The Labute approximate surface area is 127 Å². The van der Waals surface area contributed by atoms with Crippen LogP contribution in [0.4, 0.5) is 0 Å². The molecule has 0 aromatic heterocycles. The van der Waals surface area contributed by atoms with Crippen molar-refractivity contribution in [1.29, 1.82) is 0 Å². The average Bonchev–Trinajstić information content (AvgIpc) is 3.08. The molecule has 0 spiro atoms. The number of terminal acetylenes is 2. The second-order valence-electron chi connectivity index (χ2n) is 8.31. The molecule has 0 heterocycles. The Morgan fingerprint density at radius 2 is 1.80 bits per heavy atom. The van der Waals surface area contributed by atoms with Gasteiger partial charge in [-0.3, -0.25) is 0 Å². The first-order valence-electron chi connectivity index (χ1n) is 7.57. The van der Waals surface area contributed by atoms with Gasteiger partial charge >= 0.3 is 127 Å². The van der Waals surface area contributed by atoms with E-state index in [1.54, 1.807) is 0 Å². The molecule has 1 fully saturated rings. The summed E-state index contributed by atoms with van der Waals surface area (Å²) < 4.78 is 0. The quantitative estimate of drug-likeness (QED) is 0.379. The molecule has 0 N–H and O–H groups in total. The minimum atomic E-state index is -1.46. The Hall–Kier alpha value is -0.710. The standard InChI is InChI=1S/C19H31P/c1-10-18(5,6)14-20(9,13-15(3)4)17-12-16(17)19(7,8)11-2/h1-2,16-17,20H,3,12-14H2,4-9H3. The molecule has 112 valence electrons. The number of rotatable bonds is 6. The summed E-state index contributed by atoms with van der Waals surface area (Å²) in [5.41, 5.74) is 2.12. The molecule has 1 heteroatoms. The normalized spacial score (nSPS) is 23.6. The molecule has 0 aromatic rings. The van der Waals surface area contributed by atoms with E-state index in [4.69, 9.17) is 12.8 Å². The SMILES string of the molecule is C#CC(C)(C)C[PH](C)(CC(=C)C)C1CC1C(C)(C)C#C. The van der Waals surface area contributed by atoms with Gasteiger partial charge in [-0.2, -0.15) is 0 Å². The van der Waals surface area contributed by atoms with Crippen molar-refractivity contribution in [2.75, 3.05) is 19.0 Å². The van der Waals surface area contributed by atoms with Gasteiger partial charge in [0.1, 0.15) is 0 Å². The molecule has 0 aliphatic heterocycles. The third-order valence-electron chi connectivity index (χ3n) is 4.93. The summed E-state index contributed by atoms with van der Waals surface area (Å²) in [6.45, 7) is 17.6. The van der Waals surface area contributed by atoms with Crippen molar-refractivity contribution in [3.63, 3.8) is 0 Å². The number of hydrogen-bond acceptors (Lipinski definition) is 0. The fourth-order valence-electron chi connectivity index (χ4n) is 3.94. The van der Waals surface area contributed by atoms with E-state index in [0.29, 0.717) is 5.92 Å². The van der Waals surface area contributed by atoms with Crippen molar-refractivity contribution in [3.8, 4) is 24.7 Å². The van der Waals surface area contributed by atoms with Crippen molar-refractivity contribution in [1.82, 2.24) is 0 Å². The Balaban J connectivity index is 2.96. The molecule has 0 aromatic carbocycles. The van der Waals surface area contributed by atoms with Gasteiger partial charge in [-0.1, -0.05) is 0 Å². The molecule has 2 atom stereocenters. The van der Waals surface area contributed by atoms with Gasteiger partial charge in [0, 0.05) is 0 Å². The minimum absolute atomic E-state index is 0.0101. The molecule has 20 heavy (non-hydrogen) atoms. The molecular weight excluding hydrogens is 259 g/mol. The first-order valence-corrected chi connectivity index (χ1v) is 10.6. The van der Waals surface area contributed by atoms with Crippen molar-refractivity contribution in [2.24, 2.45) is 16.7 Å². The fraction of sp³-hybridized carbons (Fsp3) is 0.684. The predicted octanol–water partition coefficient (Wildman–Crippen LogP) is 4.65. The molecule has 1 saturated carbocycles. The average molecular weight is 290 g/mol. The molecule has 0 bridgehead atoms. The molecule has 0 nitrogen and oxygen atoms in total. The maximum absolute atomic E-state index is 5.73. The number of allylic oxidation sites excluding steroid dienone is 1. The van der Waals surface area contributed by atoms with Gasteiger partial charge < -0.3 is 0 Å². The van der Waals surface area contributed by atoms with Gasteiger partial charge in [-0.15, -0.1) is 0 Å². The zero-order valence-electron chi connectivity index (χ0n) is 14.1. The first-order chi connectivity index (χ1) is 8.97. The van der Waals surface area contributed by atoms with Crippen molar-refractivity contribution >= 4 is 7.26 Å². The van der Waals surface area contributed by atoms with E-state index >= 15 is 0 Å². The van der Waals surface area contributed by atoms with E-state index in [1.165, 1.54) is 24.3 Å². The zero-order valence-corrected chi connectivity index (χ0v) is 15.1. The van der Waals surface area contributed by atoms with Crippen LogP contribution in [0, 0.1) is 41.4 Å². The molecule has 1 aliphatic carbocycles. The van der Waals surface area contributed by atoms with Crippen LogP contribution in [0.5, 0.6) is 0 Å². The Morgan fingerprint density at radius 3 is 2.20 bits per heavy atom. The summed E-state index contributed by atoms with van der Waals surface area (Å²) in [6.07, 6.45) is 15.1. The van der Waals surface area contributed by atoms with Crippen LogP contribution in [0.25, 0.3) is 0 Å². The van der Waals surface area contributed by atoms with E-state index in [1.807, 2.05) is 0 Å². The second kappa shape index (κ2) is 5.58. The maximum atomic E-state index is 5.73. The van der Waals surface area contributed by atoms with Crippen LogP contribution in [0.15, 0.2) is 12.2 Å². The fourth-order valence-corrected chi connectivity index (χ4v) is 10.3. The second-order valence-corrected chi connectivity index (χ2v) is 13.1. The summed E-state index contributed by atoms with van der Waals surface area (Å²) in [6, 6.07) is 0. The van der Waals surface area contributed by atoms with Gasteiger partial charge in [0.2, 0.25) is 0 Å². The zero-order chi connectivity index (χ0) is 15.8. The number of hydrogen-bond donors (Lipinski definition) is 0. The van der Waals surface area contributed by atoms with Crippen molar-refractivity contribution in [2.45, 2.75) is 46.7 Å². The predicted molar refractivity (Wildman–Crippen MR) is 95.9 cm³/mol. The van der Waals surface area contributed by atoms with Crippen LogP contribution >= 0.6 is 7.26 Å². The van der Waals surface area contributed by atoms with Gasteiger partial charge in [0.25, 0.3) is 0 Å². The van der Waals surface area contributed by atoms with Crippen LogP contribution in [0.2, 0.25) is 0 Å². The Bertz CT molecular complexity index is 469. The van der Waals surface area contributed by atoms with E-state index in [9.17, 15) is 0 Å². The monoisotopic (exact) mass is 290 g/mol. The van der Waals surface area contributed by atoms with Crippen LogP contribution < -0.4 is 0 Å². The molecule has 0 radical (unpaired) electrons. The van der Waals surface area contributed by atoms with Gasteiger partial charge in [0.15, 0.2) is 0 Å². The third-order valence-corrected chi connectivity index (χ3v) is 10.5. The van der Waals surface area contributed by atoms with Crippen LogP contribution in [-0.4, -0.2) is 24.6 Å². The van der Waals surface area contributed by atoms with Crippen LogP contribution in [-0.2, 0) is 0 Å². The summed E-state index contributed by atoms with van der Waals surface area (Å²) in [5.74, 6) is 6.66. The summed E-state index contributed by atoms with van der Waals surface area (Å²) >= 11 is 0. The third kappa shape index (κ3) is 3.90. The summed E-state index contributed by atoms with van der Waals surface area (Å²) in [7, 11) is -1.46. The van der Waals surface area contributed by atoms with Crippen molar-refractivity contribution < 1.29 is 0 Å². The molecule has 0 saturated heterocycles. The van der Waals surface area contributed by atoms with E-state index < -0.39 is 7.26 Å². The van der Waals surface area contributed by atoms with E-state index in [-0.39, 0.29) is 10.8 Å². The van der Waals surface area contributed by atoms with Gasteiger partial charge in [0.05, 0.1) is 0 Å². The van der Waals surface area contributed by atoms with Gasteiger partial charge in [-0.25, -0.2) is 0 Å². The molecule has 2 unspecified atom stereocenters. The molecule has 1 aliphatic rings. The Kier molecular flexibility index (Phi) is 4.84. The van der Waals surface area contributed by atoms with E-state index in [2.05, 4.69) is 59.7 Å².